The molecule has 3 N–H and O–H groups in total. The molecule has 1 aliphatic heterocycles. The summed E-state index contributed by atoms with van der Waals surface area (Å²) >= 11 is 0. The smallest absolute Gasteiger partial charge is 0.239 e. The second-order valence-corrected chi connectivity index (χ2v) is 6.58. The van der Waals surface area contributed by atoms with E-state index in [0.29, 0.717) is 6.61 Å². The lowest BCUT2D eigenvalue weighted by Crippen LogP contribution is -2.44. The number of rotatable bonds is 7. The maximum absolute atomic E-state index is 12.0. The van der Waals surface area contributed by atoms with Crippen LogP contribution in [0.25, 0.3) is 0 Å². The minimum Gasteiger partial charge on any atom is -0.494 e. The maximum Gasteiger partial charge on any atom is 0.239 e. The van der Waals surface area contributed by atoms with Crippen molar-refractivity contribution in [2.45, 2.75) is 50.8 Å². The summed E-state index contributed by atoms with van der Waals surface area (Å²) in [6, 6.07) is 3.63. The summed E-state index contributed by atoms with van der Waals surface area (Å²) in [6.07, 6.45) is 2.00. The Morgan fingerprint density at radius 1 is 1.48 bits per heavy atom. The molecular weight excluding hydrogens is 344 g/mol. The first kappa shape index (κ1) is 19.8. The van der Waals surface area contributed by atoms with E-state index in [0.717, 1.165) is 29.9 Å². The predicted molar refractivity (Wildman–Crippen MR) is 97.8 cm³/mol. The van der Waals surface area contributed by atoms with E-state index in [1.807, 2.05) is 6.92 Å². The lowest BCUT2D eigenvalue weighted by molar-refractivity contribution is -0.123. The number of nitrogens with one attached hydrogen (secondary N) is 1. The topological polar surface area (TPSA) is 82.8 Å². The molecule has 0 spiro atoms. The summed E-state index contributed by atoms with van der Waals surface area (Å²) < 4.78 is 16.6. The van der Waals surface area contributed by atoms with Crippen LogP contribution in [0.15, 0.2) is 12.1 Å². The third kappa shape index (κ3) is 4.37. The van der Waals surface area contributed by atoms with Crippen LogP contribution in [0.4, 0.5) is 0 Å². The van der Waals surface area contributed by atoms with E-state index in [9.17, 15) is 4.79 Å². The highest BCUT2D eigenvalue weighted by molar-refractivity contribution is 5.85. The van der Waals surface area contributed by atoms with Crippen LogP contribution in [0, 0.1) is 0 Å². The summed E-state index contributed by atoms with van der Waals surface area (Å²) in [4.78, 5) is 12.0. The Labute approximate surface area is 154 Å². The maximum atomic E-state index is 12.0. The number of carbonyl (C=O) groups excluding carboxylic acids is 1. The number of benzene rings is 1. The van der Waals surface area contributed by atoms with Crippen LogP contribution in [-0.4, -0.2) is 44.4 Å². The first-order chi connectivity index (χ1) is 11.5. The zero-order valence-corrected chi connectivity index (χ0v) is 15.7. The van der Waals surface area contributed by atoms with Gasteiger partial charge in [-0.05, 0) is 32.4 Å². The van der Waals surface area contributed by atoms with Crippen LogP contribution in [0.1, 0.15) is 37.3 Å². The van der Waals surface area contributed by atoms with Crippen molar-refractivity contribution in [3.05, 3.63) is 23.3 Å². The van der Waals surface area contributed by atoms with Crippen LogP contribution >= 0.6 is 12.4 Å². The Morgan fingerprint density at radius 3 is 2.92 bits per heavy atom. The minimum atomic E-state index is -0.633. The summed E-state index contributed by atoms with van der Waals surface area (Å²) in [6.45, 7) is 4.88. The van der Waals surface area contributed by atoms with Crippen molar-refractivity contribution in [3.8, 4) is 11.5 Å². The van der Waals surface area contributed by atoms with E-state index in [4.69, 9.17) is 19.9 Å². The van der Waals surface area contributed by atoms with E-state index >= 15 is 0 Å². The average molecular weight is 371 g/mol. The van der Waals surface area contributed by atoms with E-state index < -0.39 is 6.04 Å². The number of amides is 1. The third-order valence-electron chi connectivity index (χ3n) is 4.53. The SMILES string of the molecule is CCOc1cc2c(cc1C1CC1NC(=O)C(N)COC)OC(C)C2.Cl. The predicted octanol–water partition coefficient (Wildman–Crippen LogP) is 1.78. The number of carbonyl (C=O) groups is 1. The molecule has 6 nitrogen and oxygen atoms in total. The monoisotopic (exact) mass is 370 g/mol. The molecule has 2 aliphatic rings. The molecule has 25 heavy (non-hydrogen) atoms. The summed E-state index contributed by atoms with van der Waals surface area (Å²) in [5.74, 6) is 1.91. The number of halogens is 1. The van der Waals surface area contributed by atoms with Crippen molar-refractivity contribution in [2.75, 3.05) is 20.3 Å². The van der Waals surface area contributed by atoms with Gasteiger partial charge in [-0.2, -0.15) is 0 Å². The summed E-state index contributed by atoms with van der Waals surface area (Å²) in [7, 11) is 1.53. The van der Waals surface area contributed by atoms with Crippen LogP contribution in [0.3, 0.4) is 0 Å². The molecule has 140 valence electrons. The molecule has 4 atom stereocenters. The van der Waals surface area contributed by atoms with Crippen molar-refractivity contribution in [3.63, 3.8) is 0 Å². The van der Waals surface area contributed by atoms with Gasteiger partial charge >= 0.3 is 0 Å². The minimum absolute atomic E-state index is 0. The van der Waals surface area contributed by atoms with Crippen molar-refractivity contribution in [2.24, 2.45) is 5.73 Å². The molecule has 0 aromatic heterocycles. The second kappa shape index (κ2) is 8.25. The van der Waals surface area contributed by atoms with Crippen LogP contribution in [0.5, 0.6) is 11.5 Å². The van der Waals surface area contributed by atoms with Gasteiger partial charge in [-0.3, -0.25) is 4.79 Å². The van der Waals surface area contributed by atoms with Gasteiger partial charge in [0.2, 0.25) is 5.91 Å². The Kier molecular flexibility index (Phi) is 6.54. The van der Waals surface area contributed by atoms with Crippen LogP contribution < -0.4 is 20.5 Å². The first-order valence-corrected chi connectivity index (χ1v) is 8.54. The molecule has 1 aromatic carbocycles. The molecule has 1 saturated carbocycles. The molecule has 1 fully saturated rings. The fourth-order valence-electron chi connectivity index (χ4n) is 3.27. The zero-order valence-electron chi connectivity index (χ0n) is 14.9. The highest BCUT2D eigenvalue weighted by Gasteiger charge is 2.42. The van der Waals surface area contributed by atoms with Gasteiger partial charge < -0.3 is 25.3 Å². The van der Waals surface area contributed by atoms with Gasteiger partial charge in [0.1, 0.15) is 23.6 Å². The van der Waals surface area contributed by atoms with Gasteiger partial charge in [-0.1, -0.05) is 0 Å². The lowest BCUT2D eigenvalue weighted by Gasteiger charge is -2.14. The van der Waals surface area contributed by atoms with Gasteiger partial charge in [-0.15, -0.1) is 12.4 Å². The number of hydrogen-bond acceptors (Lipinski definition) is 5. The number of fused-ring (bicyclic) bond motifs is 1. The fourth-order valence-corrected chi connectivity index (χ4v) is 3.27. The zero-order chi connectivity index (χ0) is 17.3. The molecule has 7 heteroatoms. The van der Waals surface area contributed by atoms with E-state index in [1.54, 1.807) is 0 Å². The van der Waals surface area contributed by atoms with Gasteiger partial charge in [-0.25, -0.2) is 0 Å². The molecule has 0 bridgehead atoms. The molecule has 0 radical (unpaired) electrons. The fraction of sp³-hybridized carbons (Fsp3) is 0.611. The van der Waals surface area contributed by atoms with E-state index in [-0.39, 0.29) is 43.0 Å². The van der Waals surface area contributed by atoms with Gasteiger partial charge in [0.15, 0.2) is 0 Å². The second-order valence-electron chi connectivity index (χ2n) is 6.58. The van der Waals surface area contributed by atoms with E-state index in [2.05, 4.69) is 24.4 Å². The van der Waals surface area contributed by atoms with Gasteiger partial charge in [0.25, 0.3) is 0 Å². The largest absolute Gasteiger partial charge is 0.494 e. The third-order valence-corrected chi connectivity index (χ3v) is 4.53. The van der Waals surface area contributed by atoms with Crippen molar-refractivity contribution >= 4 is 18.3 Å². The standard InChI is InChI=1S/C18H26N2O4.ClH/c1-4-23-17-6-11-5-10(2)24-16(11)8-13(17)12-7-15(12)20-18(21)14(19)9-22-3;/h6,8,10,12,14-15H,4-5,7,9,19H2,1-3H3,(H,20,21);1H. The number of ether oxygens (including phenoxy) is 3. The quantitative estimate of drug-likeness (QED) is 0.764. The normalized spacial score (nSPS) is 24.6. The Bertz CT molecular complexity index is 625. The lowest BCUT2D eigenvalue weighted by atomic mass is 10.0. The van der Waals surface area contributed by atoms with Crippen molar-refractivity contribution < 1.29 is 19.0 Å². The average Bonchev–Trinajstić information content (AvgIpc) is 3.19. The highest BCUT2D eigenvalue weighted by Crippen LogP contribution is 2.48. The molecule has 3 rings (SSSR count). The number of methoxy groups -OCH3 is 1. The molecule has 4 unspecified atom stereocenters. The summed E-state index contributed by atoms with van der Waals surface area (Å²) in [5, 5.41) is 2.99. The van der Waals surface area contributed by atoms with Crippen molar-refractivity contribution in [1.29, 1.82) is 0 Å². The van der Waals surface area contributed by atoms with Crippen molar-refractivity contribution in [1.82, 2.24) is 5.32 Å². The molecular formula is C18H27ClN2O4. The Morgan fingerprint density at radius 2 is 2.24 bits per heavy atom. The molecule has 1 heterocycles. The Balaban J connectivity index is 0.00000225. The van der Waals surface area contributed by atoms with Crippen LogP contribution in [-0.2, 0) is 16.0 Å². The molecule has 1 amide bonds. The Hall–Kier alpha value is -1.50. The number of hydrogen-bond donors (Lipinski definition) is 2. The number of nitrogens with two attached hydrogens (primary N) is 1. The molecule has 0 saturated heterocycles. The van der Waals surface area contributed by atoms with Gasteiger partial charge in [0, 0.05) is 36.6 Å². The van der Waals surface area contributed by atoms with Gasteiger partial charge in [0.05, 0.1) is 13.2 Å². The molecule has 1 aromatic rings. The highest BCUT2D eigenvalue weighted by atomic mass is 35.5. The summed E-state index contributed by atoms with van der Waals surface area (Å²) in [5.41, 5.74) is 8.07. The first-order valence-electron chi connectivity index (χ1n) is 8.54. The van der Waals surface area contributed by atoms with E-state index in [1.165, 1.54) is 12.7 Å². The van der Waals surface area contributed by atoms with Crippen LogP contribution in [0.2, 0.25) is 0 Å². The molecule has 1 aliphatic carbocycles.